The first kappa shape index (κ1) is 19.0. The number of rotatable bonds is 4. The molecular formula is C23H25ClN2O2. The first-order valence-electron chi connectivity index (χ1n) is 9.76. The maximum Gasteiger partial charge on any atom is 0.223 e. The third-order valence-corrected chi connectivity index (χ3v) is 5.63. The number of ether oxygens (including phenoxy) is 1. The molecule has 1 aliphatic heterocycles. The van der Waals surface area contributed by atoms with Gasteiger partial charge in [-0.2, -0.15) is 0 Å². The Morgan fingerprint density at radius 2 is 1.93 bits per heavy atom. The van der Waals surface area contributed by atoms with Crippen molar-refractivity contribution < 1.29 is 9.53 Å². The minimum atomic E-state index is -0.0594. The van der Waals surface area contributed by atoms with E-state index < -0.39 is 0 Å². The summed E-state index contributed by atoms with van der Waals surface area (Å²) >= 11 is 6.27. The summed E-state index contributed by atoms with van der Waals surface area (Å²) in [7, 11) is 0. The van der Waals surface area contributed by atoms with E-state index in [9.17, 15) is 4.79 Å². The van der Waals surface area contributed by atoms with Crippen LogP contribution in [0.3, 0.4) is 0 Å². The van der Waals surface area contributed by atoms with E-state index in [1.54, 1.807) is 0 Å². The molecule has 3 atom stereocenters. The molecule has 0 bridgehead atoms. The van der Waals surface area contributed by atoms with Gasteiger partial charge in [-0.15, -0.1) is 0 Å². The number of benzene rings is 2. The van der Waals surface area contributed by atoms with Crippen molar-refractivity contribution >= 4 is 28.4 Å². The molecule has 4 rings (SSSR count). The van der Waals surface area contributed by atoms with Crippen LogP contribution in [0.2, 0.25) is 5.02 Å². The molecule has 0 spiro atoms. The van der Waals surface area contributed by atoms with E-state index in [0.29, 0.717) is 24.5 Å². The summed E-state index contributed by atoms with van der Waals surface area (Å²) in [6.45, 7) is 5.31. The number of aromatic amines is 1. The Balaban J connectivity index is 1.68. The van der Waals surface area contributed by atoms with Crippen LogP contribution in [-0.4, -0.2) is 41.1 Å². The van der Waals surface area contributed by atoms with Gasteiger partial charge in [-0.05, 0) is 43.2 Å². The molecule has 1 N–H and O–H groups in total. The summed E-state index contributed by atoms with van der Waals surface area (Å²) in [6.07, 6.45) is 2.55. The van der Waals surface area contributed by atoms with Crippen molar-refractivity contribution in [3.05, 3.63) is 70.9 Å². The molecular weight excluding hydrogens is 372 g/mol. The van der Waals surface area contributed by atoms with Gasteiger partial charge in [0.15, 0.2) is 0 Å². The Morgan fingerprint density at radius 3 is 2.68 bits per heavy atom. The quantitative estimate of drug-likeness (QED) is 0.676. The fourth-order valence-electron chi connectivity index (χ4n) is 4.20. The Morgan fingerprint density at radius 1 is 1.18 bits per heavy atom. The summed E-state index contributed by atoms with van der Waals surface area (Å²) in [5.74, 6) is 0.0908. The number of fused-ring (bicyclic) bond motifs is 1. The Hall–Kier alpha value is -2.30. The highest BCUT2D eigenvalue weighted by atomic mass is 35.5. The number of morpholine rings is 1. The topological polar surface area (TPSA) is 45.3 Å². The van der Waals surface area contributed by atoms with E-state index >= 15 is 0 Å². The van der Waals surface area contributed by atoms with Gasteiger partial charge in [0.2, 0.25) is 5.91 Å². The van der Waals surface area contributed by atoms with Gasteiger partial charge in [-0.25, -0.2) is 0 Å². The Labute approximate surface area is 170 Å². The Kier molecular flexibility index (Phi) is 5.42. The number of nitrogens with one attached hydrogen (secondary N) is 1. The maximum absolute atomic E-state index is 13.2. The van der Waals surface area contributed by atoms with Crippen LogP contribution in [0.1, 0.15) is 37.3 Å². The minimum absolute atomic E-state index is 0.0594. The van der Waals surface area contributed by atoms with E-state index in [-0.39, 0.29) is 24.0 Å². The molecule has 0 aliphatic carbocycles. The molecule has 28 heavy (non-hydrogen) atoms. The number of hydrogen-bond acceptors (Lipinski definition) is 2. The van der Waals surface area contributed by atoms with Crippen LogP contribution in [0.5, 0.6) is 0 Å². The van der Waals surface area contributed by atoms with Crippen molar-refractivity contribution in [2.24, 2.45) is 0 Å². The smallest absolute Gasteiger partial charge is 0.223 e. The monoisotopic (exact) mass is 396 g/mol. The number of nitrogens with zero attached hydrogens (tertiary/aromatic N) is 1. The average molecular weight is 397 g/mol. The van der Waals surface area contributed by atoms with Crippen LogP contribution in [0.4, 0.5) is 0 Å². The van der Waals surface area contributed by atoms with Crippen molar-refractivity contribution in [2.75, 3.05) is 13.1 Å². The van der Waals surface area contributed by atoms with Crippen LogP contribution in [-0.2, 0) is 9.53 Å². The number of amides is 1. The van der Waals surface area contributed by atoms with Crippen molar-refractivity contribution in [1.82, 2.24) is 9.88 Å². The van der Waals surface area contributed by atoms with Crippen LogP contribution < -0.4 is 0 Å². The fourth-order valence-corrected chi connectivity index (χ4v) is 4.40. The number of aromatic nitrogens is 1. The third kappa shape index (κ3) is 3.94. The van der Waals surface area contributed by atoms with Gasteiger partial charge >= 0.3 is 0 Å². The molecule has 0 saturated carbocycles. The minimum Gasteiger partial charge on any atom is -0.372 e. The largest absolute Gasteiger partial charge is 0.372 e. The van der Waals surface area contributed by atoms with Gasteiger partial charge in [0.1, 0.15) is 0 Å². The summed E-state index contributed by atoms with van der Waals surface area (Å²) in [6, 6.07) is 16.0. The first-order chi connectivity index (χ1) is 13.5. The predicted octanol–water partition coefficient (Wildman–Crippen LogP) is 4.98. The molecule has 0 radical (unpaired) electrons. The second-order valence-corrected chi connectivity index (χ2v) is 8.09. The summed E-state index contributed by atoms with van der Waals surface area (Å²) in [4.78, 5) is 18.5. The number of carbonyl (C=O) groups is 1. The zero-order valence-corrected chi connectivity index (χ0v) is 16.9. The molecule has 4 nitrogen and oxygen atoms in total. The zero-order chi connectivity index (χ0) is 19.7. The maximum atomic E-state index is 13.2. The zero-order valence-electron chi connectivity index (χ0n) is 16.2. The highest BCUT2D eigenvalue weighted by Crippen LogP contribution is 2.35. The number of para-hydroxylation sites is 1. The highest BCUT2D eigenvalue weighted by Gasteiger charge is 2.29. The highest BCUT2D eigenvalue weighted by molar-refractivity contribution is 6.30. The number of hydrogen-bond donors (Lipinski definition) is 1. The lowest BCUT2D eigenvalue weighted by Gasteiger charge is -2.36. The van der Waals surface area contributed by atoms with E-state index in [1.807, 2.05) is 55.3 Å². The van der Waals surface area contributed by atoms with Crippen molar-refractivity contribution in [3.8, 4) is 0 Å². The molecule has 2 aromatic carbocycles. The van der Waals surface area contributed by atoms with Gasteiger partial charge in [0.25, 0.3) is 0 Å². The molecule has 1 fully saturated rings. The third-order valence-electron chi connectivity index (χ3n) is 5.40. The van der Waals surface area contributed by atoms with Crippen LogP contribution in [0, 0.1) is 0 Å². The van der Waals surface area contributed by atoms with E-state index in [4.69, 9.17) is 16.3 Å². The van der Waals surface area contributed by atoms with Gasteiger partial charge < -0.3 is 14.6 Å². The summed E-state index contributed by atoms with van der Waals surface area (Å²) in [5, 5.41) is 1.83. The predicted molar refractivity (Wildman–Crippen MR) is 113 cm³/mol. The molecule has 3 unspecified atom stereocenters. The standard InChI is InChI=1S/C23H25ClN2O2/c1-15-13-26(14-16(2)28-15)23(27)11-20(17-6-5-7-18(24)10-17)21-12-25-22-9-4-3-8-19(21)22/h3-10,12,15-16,20,25H,11,13-14H2,1-2H3. The van der Waals surface area contributed by atoms with Gasteiger partial charge in [0.05, 0.1) is 12.2 Å². The number of halogens is 1. The van der Waals surface area contributed by atoms with Gasteiger partial charge in [0, 0.05) is 47.6 Å². The van der Waals surface area contributed by atoms with E-state index in [1.165, 1.54) is 0 Å². The van der Waals surface area contributed by atoms with Crippen LogP contribution in [0.15, 0.2) is 54.7 Å². The lowest BCUT2D eigenvalue weighted by molar-refractivity contribution is -0.143. The molecule has 1 amide bonds. The summed E-state index contributed by atoms with van der Waals surface area (Å²) in [5.41, 5.74) is 3.26. The molecule has 5 heteroatoms. The normalized spacial score (nSPS) is 21.0. The molecule has 1 aromatic heterocycles. The van der Waals surface area contributed by atoms with Crippen LogP contribution >= 0.6 is 11.6 Å². The van der Waals surface area contributed by atoms with E-state index in [0.717, 1.165) is 22.0 Å². The number of carbonyl (C=O) groups excluding carboxylic acids is 1. The summed E-state index contributed by atoms with van der Waals surface area (Å²) < 4.78 is 5.79. The molecule has 146 valence electrons. The van der Waals surface area contributed by atoms with Crippen molar-refractivity contribution in [1.29, 1.82) is 0 Å². The fraction of sp³-hybridized carbons (Fsp3) is 0.348. The second kappa shape index (κ2) is 7.98. The lowest BCUT2D eigenvalue weighted by Crippen LogP contribution is -2.48. The first-order valence-corrected chi connectivity index (χ1v) is 10.1. The molecule has 1 saturated heterocycles. The van der Waals surface area contributed by atoms with Gasteiger partial charge in [-0.1, -0.05) is 41.9 Å². The second-order valence-electron chi connectivity index (χ2n) is 7.66. The molecule has 1 aliphatic rings. The molecule has 3 aromatic rings. The van der Waals surface area contributed by atoms with Crippen molar-refractivity contribution in [3.63, 3.8) is 0 Å². The lowest BCUT2D eigenvalue weighted by atomic mass is 9.87. The van der Waals surface area contributed by atoms with E-state index in [2.05, 4.69) is 23.2 Å². The van der Waals surface area contributed by atoms with Crippen LogP contribution in [0.25, 0.3) is 10.9 Å². The van der Waals surface area contributed by atoms with Crippen molar-refractivity contribution in [2.45, 2.75) is 38.4 Å². The SMILES string of the molecule is CC1CN(C(=O)CC(c2cccc(Cl)c2)c2c[nH]c3ccccc23)CC(C)O1. The van der Waals surface area contributed by atoms with Gasteiger partial charge in [-0.3, -0.25) is 4.79 Å². The molecule has 2 heterocycles. The number of H-pyrrole nitrogens is 1. The Bertz CT molecular complexity index is 973. The average Bonchev–Trinajstić information content (AvgIpc) is 3.09.